The van der Waals surface area contributed by atoms with Crippen molar-refractivity contribution in [2.45, 2.75) is 39.5 Å². The molecule has 0 unspecified atom stereocenters. The van der Waals surface area contributed by atoms with E-state index in [9.17, 15) is 0 Å². The van der Waals surface area contributed by atoms with Gasteiger partial charge in [0, 0.05) is 0 Å². The molecule has 0 aromatic carbocycles. The highest BCUT2D eigenvalue weighted by atomic mass is 14.2. The van der Waals surface area contributed by atoms with Gasteiger partial charge in [-0.25, -0.2) is 0 Å². The summed E-state index contributed by atoms with van der Waals surface area (Å²) < 4.78 is 0. The van der Waals surface area contributed by atoms with Gasteiger partial charge in [0.1, 0.15) is 0 Å². The first-order valence-corrected chi connectivity index (χ1v) is 4.79. The third kappa shape index (κ3) is 3.08. The van der Waals surface area contributed by atoms with Crippen LogP contribution in [0, 0.1) is 0 Å². The lowest BCUT2D eigenvalue weighted by molar-refractivity contribution is 0.812. The van der Waals surface area contributed by atoms with Crippen molar-refractivity contribution in [3.63, 3.8) is 0 Å². The largest absolute Gasteiger partial charge is 0.0952 e. The summed E-state index contributed by atoms with van der Waals surface area (Å²) in [7, 11) is 0. The van der Waals surface area contributed by atoms with Crippen LogP contribution in [0.15, 0.2) is 35.5 Å². The van der Waals surface area contributed by atoms with E-state index in [-0.39, 0.29) is 0 Å². The minimum Gasteiger partial charge on any atom is -0.0952 e. The maximum absolute atomic E-state index is 3.90. The Bertz CT molecular complexity index is 228. The van der Waals surface area contributed by atoms with E-state index in [4.69, 9.17) is 0 Å². The molecule has 1 rings (SSSR count). The van der Waals surface area contributed by atoms with Crippen LogP contribution in [0.4, 0.5) is 0 Å². The van der Waals surface area contributed by atoms with Gasteiger partial charge < -0.3 is 0 Å². The summed E-state index contributed by atoms with van der Waals surface area (Å²) in [4.78, 5) is 0. The van der Waals surface area contributed by atoms with Gasteiger partial charge in [0.05, 0.1) is 0 Å². The van der Waals surface area contributed by atoms with Crippen LogP contribution in [0.25, 0.3) is 0 Å². The highest BCUT2D eigenvalue weighted by Crippen LogP contribution is 2.35. The van der Waals surface area contributed by atoms with Crippen molar-refractivity contribution in [1.29, 1.82) is 0 Å². The smallest absolute Gasteiger partial charge is 0.00261 e. The summed E-state index contributed by atoms with van der Waals surface area (Å²) in [5.74, 6) is 0. The van der Waals surface area contributed by atoms with Crippen molar-refractivity contribution >= 4 is 0 Å². The fraction of sp³-hybridized carbons (Fsp3) is 0.500. The van der Waals surface area contributed by atoms with Crippen LogP contribution in [0.1, 0.15) is 39.5 Å². The molecule has 0 radical (unpaired) electrons. The molecular formula is C12H18. The van der Waals surface area contributed by atoms with Crippen LogP contribution >= 0.6 is 0 Å². The summed E-state index contributed by atoms with van der Waals surface area (Å²) in [6, 6.07) is 0. The zero-order chi connectivity index (χ0) is 8.97. The summed E-state index contributed by atoms with van der Waals surface area (Å²) in [6.45, 7) is 8.30. The van der Waals surface area contributed by atoms with E-state index in [2.05, 4.69) is 32.6 Å². The minimum atomic E-state index is 1.14. The van der Waals surface area contributed by atoms with Crippen LogP contribution in [0.3, 0.4) is 0 Å². The second-order valence-corrected chi connectivity index (χ2v) is 3.54. The molecule has 12 heavy (non-hydrogen) atoms. The lowest BCUT2D eigenvalue weighted by atomic mass is 10.2. The average molecular weight is 162 g/mol. The Kier molecular flexibility index (Phi) is 3.33. The number of rotatable bonds is 4. The Hall–Kier alpha value is -0.780. The Morgan fingerprint density at radius 3 is 2.75 bits per heavy atom. The molecule has 1 aliphatic rings. The number of hydrogen-bond acceptors (Lipinski definition) is 0. The first-order chi connectivity index (χ1) is 5.74. The van der Waals surface area contributed by atoms with E-state index in [1.165, 1.54) is 36.0 Å². The Morgan fingerprint density at radius 2 is 2.25 bits per heavy atom. The van der Waals surface area contributed by atoms with Crippen molar-refractivity contribution in [3.05, 3.63) is 35.5 Å². The fourth-order valence-corrected chi connectivity index (χ4v) is 1.21. The van der Waals surface area contributed by atoms with Crippen LogP contribution in [-0.4, -0.2) is 0 Å². The van der Waals surface area contributed by atoms with Crippen molar-refractivity contribution in [2.24, 2.45) is 0 Å². The zero-order valence-electron chi connectivity index (χ0n) is 8.19. The maximum atomic E-state index is 3.90. The molecule has 0 atom stereocenters. The van der Waals surface area contributed by atoms with Gasteiger partial charge in [-0.3, -0.25) is 0 Å². The van der Waals surface area contributed by atoms with Crippen LogP contribution in [0.5, 0.6) is 0 Å². The lowest BCUT2D eigenvalue weighted by Crippen LogP contribution is -1.71. The predicted molar refractivity (Wildman–Crippen MR) is 55.1 cm³/mol. The van der Waals surface area contributed by atoms with Crippen molar-refractivity contribution in [1.82, 2.24) is 0 Å². The third-order valence-electron chi connectivity index (χ3n) is 2.16. The first kappa shape index (κ1) is 9.31. The highest BCUT2D eigenvalue weighted by molar-refractivity contribution is 5.51. The molecule has 0 spiro atoms. The highest BCUT2D eigenvalue weighted by Gasteiger charge is 2.16. The molecule has 1 aliphatic carbocycles. The molecule has 1 saturated carbocycles. The van der Waals surface area contributed by atoms with E-state index < -0.39 is 0 Å². The van der Waals surface area contributed by atoms with Gasteiger partial charge in [-0.2, -0.15) is 0 Å². The van der Waals surface area contributed by atoms with Crippen LogP contribution < -0.4 is 0 Å². The molecule has 0 aromatic rings. The SMILES string of the molecule is C=C1CC1=CC(C)=CCCCC. The molecule has 0 aromatic heterocycles. The molecule has 0 N–H and O–H groups in total. The van der Waals surface area contributed by atoms with Gasteiger partial charge in [-0.05, 0) is 30.9 Å². The molecule has 0 amide bonds. The molecule has 0 bridgehead atoms. The fourth-order valence-electron chi connectivity index (χ4n) is 1.21. The second kappa shape index (κ2) is 4.30. The summed E-state index contributed by atoms with van der Waals surface area (Å²) in [5.41, 5.74) is 4.16. The quantitative estimate of drug-likeness (QED) is 0.548. The van der Waals surface area contributed by atoms with Crippen molar-refractivity contribution in [2.75, 3.05) is 0 Å². The normalized spacial score (nSPS) is 20.3. The van der Waals surface area contributed by atoms with E-state index in [1.807, 2.05) is 0 Å². The lowest BCUT2D eigenvalue weighted by Gasteiger charge is -1.91. The maximum Gasteiger partial charge on any atom is -0.00261 e. The molecule has 0 aliphatic heterocycles. The number of allylic oxidation sites excluding steroid dienone is 5. The molecule has 66 valence electrons. The standard InChI is InChI=1S/C12H18/c1-4-5-6-7-10(2)8-12-9-11(12)3/h7-8H,3-6,9H2,1-2H3. The van der Waals surface area contributed by atoms with Crippen LogP contribution in [-0.2, 0) is 0 Å². The molecule has 0 heterocycles. The minimum absolute atomic E-state index is 1.14. The third-order valence-corrected chi connectivity index (χ3v) is 2.16. The summed E-state index contributed by atoms with van der Waals surface area (Å²) in [5, 5.41) is 0. The summed E-state index contributed by atoms with van der Waals surface area (Å²) in [6.07, 6.45) is 9.53. The van der Waals surface area contributed by atoms with Gasteiger partial charge in [0.15, 0.2) is 0 Å². The summed E-state index contributed by atoms with van der Waals surface area (Å²) >= 11 is 0. The Labute approximate surface area is 75.7 Å². The van der Waals surface area contributed by atoms with Gasteiger partial charge in [-0.1, -0.05) is 44.1 Å². The van der Waals surface area contributed by atoms with Gasteiger partial charge >= 0.3 is 0 Å². The van der Waals surface area contributed by atoms with E-state index >= 15 is 0 Å². The number of hydrogen-bond donors (Lipinski definition) is 0. The van der Waals surface area contributed by atoms with E-state index in [0.717, 1.165) is 6.42 Å². The monoisotopic (exact) mass is 162 g/mol. The van der Waals surface area contributed by atoms with E-state index in [1.54, 1.807) is 0 Å². The predicted octanol–water partition coefficient (Wildman–Crippen LogP) is 4.01. The first-order valence-electron chi connectivity index (χ1n) is 4.79. The zero-order valence-corrected chi connectivity index (χ0v) is 8.19. The molecule has 1 fully saturated rings. The topological polar surface area (TPSA) is 0 Å². The van der Waals surface area contributed by atoms with E-state index in [0.29, 0.717) is 0 Å². The average Bonchev–Trinajstić information content (AvgIpc) is 2.67. The van der Waals surface area contributed by atoms with Gasteiger partial charge in [0.25, 0.3) is 0 Å². The Balaban J connectivity index is 2.32. The van der Waals surface area contributed by atoms with Crippen LogP contribution in [0.2, 0.25) is 0 Å². The molecule has 0 nitrogen and oxygen atoms in total. The number of unbranched alkanes of at least 4 members (excludes halogenated alkanes) is 2. The molecular weight excluding hydrogens is 144 g/mol. The van der Waals surface area contributed by atoms with Gasteiger partial charge in [0.2, 0.25) is 0 Å². The molecule has 0 heteroatoms. The van der Waals surface area contributed by atoms with Crippen molar-refractivity contribution in [3.8, 4) is 0 Å². The van der Waals surface area contributed by atoms with Crippen molar-refractivity contribution < 1.29 is 0 Å². The molecule has 0 saturated heterocycles. The van der Waals surface area contributed by atoms with Gasteiger partial charge in [-0.15, -0.1) is 0 Å². The Morgan fingerprint density at radius 1 is 1.58 bits per heavy atom. The second-order valence-electron chi connectivity index (χ2n) is 3.54.